The van der Waals surface area contributed by atoms with Crippen molar-refractivity contribution in [1.82, 2.24) is 4.90 Å². The van der Waals surface area contributed by atoms with Crippen molar-refractivity contribution in [3.05, 3.63) is 65.7 Å². The minimum atomic E-state index is -3.27. The molecule has 0 spiro atoms. The zero-order valence-corrected chi connectivity index (χ0v) is 18.0. The second-order valence-electron chi connectivity index (χ2n) is 7.42. The summed E-state index contributed by atoms with van der Waals surface area (Å²) in [6, 6.07) is 17.4. The standard InChI is InChI=1S/C22H27NO3S2/c1-17(2)27-20-10-8-18(9-11-20)16-22(24)23-13-12-21(28(25,26)15-14-23)19-6-4-3-5-7-19/h3-11,17,21H,12-16H2,1-2H3/t21-/m1/s1. The topological polar surface area (TPSA) is 54.5 Å². The molecule has 1 amide bonds. The third-order valence-electron chi connectivity index (χ3n) is 4.91. The summed E-state index contributed by atoms with van der Waals surface area (Å²) in [4.78, 5) is 15.7. The van der Waals surface area contributed by atoms with Gasteiger partial charge in [0.25, 0.3) is 0 Å². The number of thioether (sulfide) groups is 1. The van der Waals surface area contributed by atoms with E-state index in [0.717, 1.165) is 11.1 Å². The van der Waals surface area contributed by atoms with Crippen LogP contribution in [0.4, 0.5) is 0 Å². The van der Waals surface area contributed by atoms with Gasteiger partial charge in [0.1, 0.15) is 0 Å². The summed E-state index contributed by atoms with van der Waals surface area (Å²) < 4.78 is 25.4. The highest BCUT2D eigenvalue weighted by molar-refractivity contribution is 7.99. The molecular formula is C22H27NO3S2. The lowest BCUT2D eigenvalue weighted by molar-refractivity contribution is -0.130. The van der Waals surface area contributed by atoms with Gasteiger partial charge >= 0.3 is 0 Å². The molecule has 28 heavy (non-hydrogen) atoms. The molecule has 3 rings (SSSR count). The predicted molar refractivity (Wildman–Crippen MR) is 115 cm³/mol. The molecule has 4 nitrogen and oxygen atoms in total. The Hall–Kier alpha value is -1.79. The Morgan fingerprint density at radius 3 is 2.39 bits per heavy atom. The monoisotopic (exact) mass is 417 g/mol. The molecule has 1 saturated heterocycles. The first-order valence-electron chi connectivity index (χ1n) is 9.65. The number of nitrogens with zero attached hydrogens (tertiary/aromatic N) is 1. The molecule has 0 N–H and O–H groups in total. The van der Waals surface area contributed by atoms with Gasteiger partial charge < -0.3 is 4.90 Å². The number of amides is 1. The Labute approximate surface area is 172 Å². The van der Waals surface area contributed by atoms with Gasteiger partial charge in [-0.05, 0) is 29.7 Å². The summed E-state index contributed by atoms with van der Waals surface area (Å²) in [5.41, 5.74) is 1.78. The molecule has 1 aliphatic rings. The van der Waals surface area contributed by atoms with Crippen molar-refractivity contribution in [2.75, 3.05) is 18.8 Å². The van der Waals surface area contributed by atoms with Crippen LogP contribution in [0.2, 0.25) is 0 Å². The molecule has 0 bridgehead atoms. The summed E-state index contributed by atoms with van der Waals surface area (Å²) >= 11 is 1.79. The van der Waals surface area contributed by atoms with Crippen molar-refractivity contribution >= 4 is 27.5 Å². The smallest absolute Gasteiger partial charge is 0.227 e. The van der Waals surface area contributed by atoms with Crippen molar-refractivity contribution < 1.29 is 13.2 Å². The largest absolute Gasteiger partial charge is 0.341 e. The Kier molecular flexibility index (Phi) is 6.83. The second-order valence-corrected chi connectivity index (χ2v) is 11.4. The Morgan fingerprint density at radius 1 is 1.07 bits per heavy atom. The maximum absolute atomic E-state index is 12.8. The summed E-state index contributed by atoms with van der Waals surface area (Å²) in [5.74, 6) is 0.00982. The maximum Gasteiger partial charge on any atom is 0.227 e. The zero-order valence-electron chi connectivity index (χ0n) is 16.4. The maximum atomic E-state index is 12.8. The number of carbonyl (C=O) groups is 1. The van der Waals surface area contributed by atoms with E-state index in [4.69, 9.17) is 0 Å². The van der Waals surface area contributed by atoms with E-state index < -0.39 is 15.1 Å². The first kappa shape index (κ1) is 20.9. The molecular weight excluding hydrogens is 390 g/mol. The minimum absolute atomic E-state index is 0.00632. The van der Waals surface area contributed by atoms with Crippen LogP contribution in [0.1, 0.15) is 36.6 Å². The third kappa shape index (κ3) is 5.39. The van der Waals surface area contributed by atoms with Gasteiger partial charge in [0.2, 0.25) is 5.91 Å². The van der Waals surface area contributed by atoms with Crippen LogP contribution < -0.4 is 0 Å². The van der Waals surface area contributed by atoms with Gasteiger partial charge in [-0.25, -0.2) is 8.42 Å². The van der Waals surface area contributed by atoms with E-state index in [1.165, 1.54) is 4.90 Å². The van der Waals surface area contributed by atoms with Crippen LogP contribution >= 0.6 is 11.8 Å². The van der Waals surface area contributed by atoms with E-state index in [-0.39, 0.29) is 18.2 Å². The van der Waals surface area contributed by atoms with Crippen LogP contribution in [0.5, 0.6) is 0 Å². The lowest BCUT2D eigenvalue weighted by Crippen LogP contribution is -2.34. The molecule has 2 aromatic carbocycles. The summed E-state index contributed by atoms with van der Waals surface area (Å²) in [6.07, 6.45) is 0.755. The second kappa shape index (κ2) is 9.14. The van der Waals surface area contributed by atoms with Crippen molar-refractivity contribution in [2.45, 2.75) is 42.1 Å². The van der Waals surface area contributed by atoms with Gasteiger partial charge in [-0.2, -0.15) is 0 Å². The minimum Gasteiger partial charge on any atom is -0.341 e. The van der Waals surface area contributed by atoms with E-state index in [9.17, 15) is 13.2 Å². The summed E-state index contributed by atoms with van der Waals surface area (Å²) in [6.45, 7) is 5.04. The van der Waals surface area contributed by atoms with Gasteiger partial charge in [0.05, 0.1) is 17.4 Å². The molecule has 0 saturated carbocycles. The van der Waals surface area contributed by atoms with Gasteiger partial charge in [-0.1, -0.05) is 56.3 Å². The molecule has 1 aliphatic heterocycles. The van der Waals surface area contributed by atoms with Gasteiger partial charge in [-0.3, -0.25) is 4.79 Å². The SMILES string of the molecule is CC(C)Sc1ccc(CC(=O)N2CC[C@H](c3ccccc3)S(=O)(=O)CC2)cc1. The Bertz CT molecular complexity index is 893. The molecule has 0 aromatic heterocycles. The highest BCUT2D eigenvalue weighted by Crippen LogP contribution is 2.29. The molecule has 1 atom stereocenters. The number of hydrogen-bond donors (Lipinski definition) is 0. The van der Waals surface area contributed by atoms with Crippen molar-refractivity contribution in [3.63, 3.8) is 0 Å². The van der Waals surface area contributed by atoms with Crippen LogP contribution in [0.3, 0.4) is 0 Å². The normalized spacial score (nSPS) is 19.4. The lowest BCUT2D eigenvalue weighted by atomic mass is 10.1. The van der Waals surface area contributed by atoms with E-state index in [1.54, 1.807) is 16.7 Å². The number of rotatable bonds is 5. The molecule has 1 heterocycles. The van der Waals surface area contributed by atoms with E-state index in [2.05, 4.69) is 13.8 Å². The summed E-state index contributed by atoms with van der Waals surface area (Å²) in [7, 11) is -3.27. The molecule has 150 valence electrons. The lowest BCUT2D eigenvalue weighted by Gasteiger charge is -2.20. The number of benzene rings is 2. The molecule has 0 unspecified atom stereocenters. The van der Waals surface area contributed by atoms with E-state index in [1.807, 2.05) is 54.6 Å². The number of hydrogen-bond acceptors (Lipinski definition) is 4. The molecule has 0 aliphatic carbocycles. The molecule has 0 radical (unpaired) electrons. The highest BCUT2D eigenvalue weighted by Gasteiger charge is 2.32. The fraction of sp³-hybridized carbons (Fsp3) is 0.409. The third-order valence-corrected chi connectivity index (χ3v) is 8.06. The Morgan fingerprint density at radius 2 is 1.75 bits per heavy atom. The zero-order chi connectivity index (χ0) is 20.1. The van der Waals surface area contributed by atoms with Crippen LogP contribution in [0.15, 0.2) is 59.5 Å². The van der Waals surface area contributed by atoms with Crippen LogP contribution in [0.25, 0.3) is 0 Å². The fourth-order valence-corrected chi connectivity index (χ4v) is 6.11. The van der Waals surface area contributed by atoms with E-state index >= 15 is 0 Å². The Balaban J connectivity index is 1.65. The molecule has 6 heteroatoms. The van der Waals surface area contributed by atoms with E-state index in [0.29, 0.717) is 24.6 Å². The quantitative estimate of drug-likeness (QED) is 0.687. The van der Waals surface area contributed by atoms with Crippen molar-refractivity contribution in [3.8, 4) is 0 Å². The van der Waals surface area contributed by atoms with Gasteiger partial charge in [0.15, 0.2) is 9.84 Å². The molecule has 1 fully saturated rings. The average molecular weight is 418 g/mol. The van der Waals surface area contributed by atoms with Crippen molar-refractivity contribution in [2.24, 2.45) is 0 Å². The predicted octanol–water partition coefficient (Wildman–Crippen LogP) is 4.12. The van der Waals surface area contributed by atoms with Gasteiger partial charge in [-0.15, -0.1) is 11.8 Å². The summed E-state index contributed by atoms with van der Waals surface area (Å²) in [5, 5.41) is -0.0112. The fourth-order valence-electron chi connectivity index (χ4n) is 3.48. The van der Waals surface area contributed by atoms with Crippen molar-refractivity contribution in [1.29, 1.82) is 0 Å². The van der Waals surface area contributed by atoms with Gasteiger partial charge in [0, 0.05) is 23.2 Å². The molecule has 2 aromatic rings. The highest BCUT2D eigenvalue weighted by atomic mass is 32.2. The first-order chi connectivity index (χ1) is 13.3. The first-order valence-corrected chi connectivity index (χ1v) is 12.2. The average Bonchev–Trinajstić information content (AvgIpc) is 2.81. The van der Waals surface area contributed by atoms with Crippen LogP contribution in [0, 0.1) is 0 Å². The van der Waals surface area contributed by atoms with Crippen LogP contribution in [-0.4, -0.2) is 43.3 Å². The number of sulfone groups is 1. The van der Waals surface area contributed by atoms with Crippen LogP contribution in [-0.2, 0) is 21.1 Å². The number of carbonyl (C=O) groups excluding carboxylic acids is 1.